The van der Waals surface area contributed by atoms with Crippen LogP contribution < -0.4 is 10.5 Å². The third-order valence-electron chi connectivity index (χ3n) is 4.48. The first-order valence-corrected chi connectivity index (χ1v) is 9.28. The number of aromatic nitrogens is 4. The number of piperazine rings is 1. The van der Waals surface area contributed by atoms with Crippen molar-refractivity contribution >= 4 is 27.5 Å². The molecule has 1 fully saturated rings. The summed E-state index contributed by atoms with van der Waals surface area (Å²) in [7, 11) is 0. The van der Waals surface area contributed by atoms with E-state index in [0.29, 0.717) is 6.67 Å². The standard InChI is InChI=1S/C17H20N6OS/c1-2-13-10-14-15(25-13)20-11-23(16(14)24)12-21-6-8-22(9-7-21)17-18-4-3-5-19-17/h3-5,10-11H,2,6-9,12H2,1H3. The van der Waals surface area contributed by atoms with Crippen LogP contribution in [0.25, 0.3) is 10.2 Å². The van der Waals surface area contributed by atoms with E-state index >= 15 is 0 Å². The molecule has 0 amide bonds. The highest BCUT2D eigenvalue weighted by atomic mass is 32.1. The van der Waals surface area contributed by atoms with Crippen LogP contribution in [0.3, 0.4) is 0 Å². The van der Waals surface area contributed by atoms with Crippen LogP contribution in [0.5, 0.6) is 0 Å². The van der Waals surface area contributed by atoms with Crippen LogP contribution in [0.1, 0.15) is 11.8 Å². The molecule has 1 saturated heterocycles. The zero-order valence-electron chi connectivity index (χ0n) is 14.1. The Morgan fingerprint density at radius 1 is 1.12 bits per heavy atom. The number of rotatable bonds is 4. The Labute approximate surface area is 149 Å². The number of fused-ring (bicyclic) bond motifs is 1. The van der Waals surface area contributed by atoms with Gasteiger partial charge in [-0.2, -0.15) is 0 Å². The molecule has 0 saturated carbocycles. The fraction of sp³-hybridized carbons (Fsp3) is 0.412. The van der Waals surface area contributed by atoms with Crippen LogP contribution in [0, 0.1) is 0 Å². The number of anilines is 1. The van der Waals surface area contributed by atoms with E-state index < -0.39 is 0 Å². The van der Waals surface area contributed by atoms with E-state index in [-0.39, 0.29) is 5.56 Å². The van der Waals surface area contributed by atoms with Gasteiger partial charge in [-0.15, -0.1) is 11.3 Å². The minimum atomic E-state index is 0.0507. The molecule has 0 spiro atoms. The minimum absolute atomic E-state index is 0.0507. The zero-order chi connectivity index (χ0) is 17.2. The molecule has 0 aromatic carbocycles. The average molecular weight is 356 g/mol. The molecule has 0 atom stereocenters. The number of thiophene rings is 1. The number of hydrogen-bond donors (Lipinski definition) is 0. The van der Waals surface area contributed by atoms with Crippen molar-refractivity contribution in [2.24, 2.45) is 0 Å². The van der Waals surface area contributed by atoms with Crippen LogP contribution in [0.15, 0.2) is 35.6 Å². The Bertz CT molecular complexity index is 914. The summed E-state index contributed by atoms with van der Waals surface area (Å²) < 4.78 is 1.71. The molecule has 0 radical (unpaired) electrons. The molecule has 1 aliphatic heterocycles. The van der Waals surface area contributed by atoms with E-state index in [4.69, 9.17) is 0 Å². The summed E-state index contributed by atoms with van der Waals surface area (Å²) in [5.41, 5.74) is 0.0507. The lowest BCUT2D eigenvalue weighted by Crippen LogP contribution is -2.48. The molecule has 7 nitrogen and oxygen atoms in total. The summed E-state index contributed by atoms with van der Waals surface area (Å²) in [6.07, 6.45) is 6.14. The molecular weight excluding hydrogens is 336 g/mol. The maximum atomic E-state index is 12.7. The van der Waals surface area contributed by atoms with Crippen LogP contribution in [-0.4, -0.2) is 50.6 Å². The number of hydrogen-bond acceptors (Lipinski definition) is 7. The third kappa shape index (κ3) is 3.27. The Hall–Kier alpha value is -2.32. The molecule has 0 unspecified atom stereocenters. The van der Waals surface area contributed by atoms with Gasteiger partial charge in [-0.1, -0.05) is 6.92 Å². The highest BCUT2D eigenvalue weighted by Gasteiger charge is 2.19. The Kier molecular flexibility index (Phi) is 4.46. The second-order valence-electron chi connectivity index (χ2n) is 6.10. The largest absolute Gasteiger partial charge is 0.338 e. The molecule has 0 N–H and O–H groups in total. The van der Waals surface area contributed by atoms with E-state index in [1.165, 1.54) is 4.88 Å². The maximum Gasteiger partial charge on any atom is 0.263 e. The normalized spacial score (nSPS) is 15.8. The quantitative estimate of drug-likeness (QED) is 0.707. The lowest BCUT2D eigenvalue weighted by molar-refractivity contribution is 0.202. The zero-order valence-corrected chi connectivity index (χ0v) is 14.9. The lowest BCUT2D eigenvalue weighted by atomic mass is 10.3. The Morgan fingerprint density at radius 3 is 2.60 bits per heavy atom. The minimum Gasteiger partial charge on any atom is -0.338 e. The van der Waals surface area contributed by atoms with Crippen LogP contribution in [-0.2, 0) is 13.1 Å². The van der Waals surface area contributed by atoms with Crippen LogP contribution in [0.2, 0.25) is 0 Å². The molecule has 3 aromatic heterocycles. The first-order chi connectivity index (χ1) is 12.2. The van der Waals surface area contributed by atoms with Crippen LogP contribution in [0.4, 0.5) is 5.95 Å². The summed E-state index contributed by atoms with van der Waals surface area (Å²) in [6.45, 7) is 6.11. The second kappa shape index (κ2) is 6.89. The van der Waals surface area contributed by atoms with E-state index in [1.807, 2.05) is 12.1 Å². The van der Waals surface area contributed by atoms with Gasteiger partial charge in [-0.3, -0.25) is 14.3 Å². The molecule has 0 bridgehead atoms. The smallest absolute Gasteiger partial charge is 0.263 e. The second-order valence-corrected chi connectivity index (χ2v) is 7.22. The molecule has 1 aliphatic rings. The van der Waals surface area contributed by atoms with E-state index in [0.717, 1.165) is 48.8 Å². The summed E-state index contributed by atoms with van der Waals surface area (Å²) in [5, 5.41) is 0.737. The molecular formula is C17H20N6OS. The highest BCUT2D eigenvalue weighted by molar-refractivity contribution is 7.18. The molecule has 4 heterocycles. The van der Waals surface area contributed by atoms with Crippen molar-refractivity contribution in [3.8, 4) is 0 Å². The monoisotopic (exact) mass is 356 g/mol. The molecule has 25 heavy (non-hydrogen) atoms. The maximum absolute atomic E-state index is 12.7. The summed E-state index contributed by atoms with van der Waals surface area (Å²) in [4.78, 5) is 32.2. The summed E-state index contributed by atoms with van der Waals surface area (Å²) in [6, 6.07) is 3.81. The van der Waals surface area contributed by atoms with Crippen molar-refractivity contribution < 1.29 is 0 Å². The summed E-state index contributed by atoms with van der Waals surface area (Å²) >= 11 is 1.61. The van der Waals surface area contributed by atoms with Gasteiger partial charge >= 0.3 is 0 Å². The van der Waals surface area contributed by atoms with Crippen LogP contribution >= 0.6 is 11.3 Å². The predicted molar refractivity (Wildman–Crippen MR) is 99.1 cm³/mol. The highest BCUT2D eigenvalue weighted by Crippen LogP contribution is 2.21. The molecule has 130 valence electrons. The van der Waals surface area contributed by atoms with Crippen molar-refractivity contribution in [2.75, 3.05) is 31.1 Å². The van der Waals surface area contributed by atoms with Gasteiger partial charge in [0, 0.05) is 43.4 Å². The average Bonchev–Trinajstić information content (AvgIpc) is 3.10. The molecule has 4 rings (SSSR count). The van der Waals surface area contributed by atoms with E-state index in [9.17, 15) is 4.79 Å². The van der Waals surface area contributed by atoms with Crippen molar-refractivity contribution in [1.29, 1.82) is 0 Å². The van der Waals surface area contributed by atoms with Gasteiger partial charge in [0.2, 0.25) is 5.95 Å². The van der Waals surface area contributed by atoms with E-state index in [2.05, 4.69) is 31.7 Å². The third-order valence-corrected chi connectivity index (χ3v) is 5.66. The topological polar surface area (TPSA) is 67.2 Å². The molecule has 0 aliphatic carbocycles. The number of nitrogens with zero attached hydrogens (tertiary/aromatic N) is 6. The molecule has 8 heteroatoms. The Morgan fingerprint density at radius 2 is 1.88 bits per heavy atom. The van der Waals surface area contributed by atoms with Gasteiger partial charge in [-0.05, 0) is 18.6 Å². The first kappa shape index (κ1) is 16.2. The predicted octanol–water partition coefficient (Wildman–Crippen LogP) is 1.59. The van der Waals surface area contributed by atoms with Crippen molar-refractivity contribution in [2.45, 2.75) is 20.0 Å². The lowest BCUT2D eigenvalue weighted by Gasteiger charge is -2.34. The van der Waals surface area contributed by atoms with Crippen molar-refractivity contribution in [3.05, 3.63) is 46.1 Å². The fourth-order valence-electron chi connectivity index (χ4n) is 3.04. The van der Waals surface area contributed by atoms with Gasteiger partial charge in [0.1, 0.15) is 11.2 Å². The van der Waals surface area contributed by atoms with Crippen molar-refractivity contribution in [1.82, 2.24) is 24.4 Å². The van der Waals surface area contributed by atoms with E-state index in [1.54, 1.807) is 34.6 Å². The SMILES string of the molecule is CCc1cc2c(=O)n(CN3CCN(c4ncccn4)CC3)cnc2s1. The number of aryl methyl sites for hydroxylation is 1. The van der Waals surface area contributed by atoms with Crippen molar-refractivity contribution in [3.63, 3.8) is 0 Å². The molecule has 3 aromatic rings. The fourth-order valence-corrected chi connectivity index (χ4v) is 3.97. The van der Waals surface area contributed by atoms with Gasteiger partial charge in [-0.25, -0.2) is 15.0 Å². The first-order valence-electron chi connectivity index (χ1n) is 8.47. The van der Waals surface area contributed by atoms with Gasteiger partial charge in [0.05, 0.1) is 12.1 Å². The summed E-state index contributed by atoms with van der Waals surface area (Å²) in [5.74, 6) is 0.771. The van der Waals surface area contributed by atoms with Gasteiger partial charge in [0.25, 0.3) is 5.56 Å². The Balaban J connectivity index is 1.46. The van der Waals surface area contributed by atoms with Gasteiger partial charge < -0.3 is 4.90 Å². The van der Waals surface area contributed by atoms with Gasteiger partial charge in [0.15, 0.2) is 0 Å².